The van der Waals surface area contributed by atoms with E-state index in [1.807, 2.05) is 12.1 Å². The summed E-state index contributed by atoms with van der Waals surface area (Å²) in [6.45, 7) is 0.243. The fourth-order valence-corrected chi connectivity index (χ4v) is 2.41. The van der Waals surface area contributed by atoms with Gasteiger partial charge in [-0.2, -0.15) is 0 Å². The van der Waals surface area contributed by atoms with Crippen LogP contribution in [0.5, 0.6) is 5.75 Å². The molecule has 1 N–H and O–H groups in total. The molecule has 0 unspecified atom stereocenters. The summed E-state index contributed by atoms with van der Waals surface area (Å²) in [6.07, 6.45) is 1.61. The zero-order valence-electron chi connectivity index (χ0n) is 12.2. The lowest BCUT2D eigenvalue weighted by Gasteiger charge is -2.05. The number of benzene rings is 1. The van der Waals surface area contributed by atoms with Gasteiger partial charge in [0.15, 0.2) is 5.11 Å². The number of ether oxygens (including phenoxy) is 1. The quantitative estimate of drug-likeness (QED) is 0.679. The minimum Gasteiger partial charge on any atom is -0.484 e. The van der Waals surface area contributed by atoms with E-state index in [4.69, 9.17) is 33.0 Å². The molecule has 23 heavy (non-hydrogen) atoms. The summed E-state index contributed by atoms with van der Waals surface area (Å²) in [4.78, 5) is 13.3. The van der Waals surface area contributed by atoms with Crippen molar-refractivity contribution in [2.75, 3.05) is 7.05 Å². The zero-order chi connectivity index (χ0) is 16.4. The van der Waals surface area contributed by atoms with E-state index < -0.39 is 0 Å². The monoisotopic (exact) mass is 348 g/mol. The van der Waals surface area contributed by atoms with Gasteiger partial charge in [-0.1, -0.05) is 23.7 Å². The van der Waals surface area contributed by atoms with Crippen LogP contribution in [0.4, 0.5) is 0 Å². The molecule has 3 rings (SSSR count). The topological polar surface area (TPSA) is 54.7 Å². The Balaban J connectivity index is 1.68. The van der Waals surface area contributed by atoms with Crippen molar-refractivity contribution in [2.24, 2.45) is 0 Å². The summed E-state index contributed by atoms with van der Waals surface area (Å²) in [5.74, 6) is 1.56. The first-order valence-corrected chi connectivity index (χ1v) is 7.60. The summed E-state index contributed by atoms with van der Waals surface area (Å²) >= 11 is 11.0. The fourth-order valence-electron chi connectivity index (χ4n) is 2.03. The van der Waals surface area contributed by atoms with Crippen LogP contribution in [0, 0.1) is 0 Å². The van der Waals surface area contributed by atoms with Crippen molar-refractivity contribution in [3.05, 3.63) is 58.6 Å². The Morgan fingerprint density at radius 2 is 2.13 bits per heavy atom. The van der Waals surface area contributed by atoms with Crippen LogP contribution in [0.1, 0.15) is 11.5 Å². The number of amides is 1. The number of hydrogen-bond acceptors (Lipinski definition) is 4. The average Bonchev–Trinajstić information content (AvgIpc) is 3.08. The van der Waals surface area contributed by atoms with E-state index in [0.717, 1.165) is 0 Å². The maximum absolute atomic E-state index is 11.9. The smallest absolute Gasteiger partial charge is 0.276 e. The molecule has 7 heteroatoms. The number of carbonyl (C=O) groups is 1. The largest absolute Gasteiger partial charge is 0.484 e. The maximum Gasteiger partial charge on any atom is 0.276 e. The summed E-state index contributed by atoms with van der Waals surface area (Å²) < 4.78 is 11.2. The van der Waals surface area contributed by atoms with Crippen LogP contribution in [0.2, 0.25) is 5.02 Å². The molecular formula is C16H13ClN2O3S. The van der Waals surface area contributed by atoms with Crippen LogP contribution in [0.25, 0.3) is 6.08 Å². The molecule has 1 aromatic heterocycles. The zero-order valence-corrected chi connectivity index (χ0v) is 13.8. The highest BCUT2D eigenvalue weighted by Crippen LogP contribution is 2.24. The van der Waals surface area contributed by atoms with Gasteiger partial charge in [-0.25, -0.2) is 0 Å². The first-order chi connectivity index (χ1) is 11.0. The molecule has 118 valence electrons. The molecule has 1 saturated heterocycles. The second-order valence-corrected chi connectivity index (χ2v) is 5.67. The predicted octanol–water partition coefficient (Wildman–Crippen LogP) is 3.20. The number of rotatable bonds is 4. The van der Waals surface area contributed by atoms with Gasteiger partial charge in [0.1, 0.15) is 29.6 Å². The number of nitrogens with zero attached hydrogens (tertiary/aromatic N) is 1. The van der Waals surface area contributed by atoms with Crippen LogP contribution < -0.4 is 10.1 Å². The van der Waals surface area contributed by atoms with Gasteiger partial charge < -0.3 is 14.5 Å². The summed E-state index contributed by atoms with van der Waals surface area (Å²) in [7, 11) is 1.61. The number of furan rings is 1. The Bertz CT molecular complexity index is 800. The van der Waals surface area contributed by atoms with Crippen LogP contribution in [0.15, 0.2) is 46.5 Å². The number of nitrogens with one attached hydrogen (secondary N) is 1. The highest BCUT2D eigenvalue weighted by atomic mass is 35.5. The van der Waals surface area contributed by atoms with Crippen LogP contribution in [0.3, 0.4) is 0 Å². The molecule has 0 saturated carbocycles. The van der Waals surface area contributed by atoms with Gasteiger partial charge in [-0.3, -0.25) is 9.69 Å². The van der Waals surface area contributed by atoms with Gasteiger partial charge in [0.2, 0.25) is 0 Å². The standard InChI is InChI=1S/C16H13ClN2O3S/c1-19-15(20)13(18-16(19)23)8-10-6-7-11(22-10)9-21-14-5-3-2-4-12(14)17/h2-8H,9H2,1H3,(H,18,23)/b13-8+. The first kappa shape index (κ1) is 15.6. The van der Waals surface area contributed by atoms with Crippen molar-refractivity contribution in [3.63, 3.8) is 0 Å². The Morgan fingerprint density at radius 3 is 2.83 bits per heavy atom. The Labute approximate surface area is 143 Å². The maximum atomic E-state index is 11.9. The van der Waals surface area contributed by atoms with E-state index in [0.29, 0.717) is 33.1 Å². The minimum atomic E-state index is -0.194. The molecule has 2 aromatic rings. The molecule has 0 atom stereocenters. The normalized spacial score (nSPS) is 16.1. The van der Waals surface area contributed by atoms with E-state index >= 15 is 0 Å². The summed E-state index contributed by atoms with van der Waals surface area (Å²) in [5.41, 5.74) is 0.380. The number of hydrogen-bond donors (Lipinski definition) is 1. The van der Waals surface area contributed by atoms with Gasteiger partial charge in [0, 0.05) is 13.1 Å². The predicted molar refractivity (Wildman–Crippen MR) is 91.0 cm³/mol. The van der Waals surface area contributed by atoms with Crippen molar-refractivity contribution < 1.29 is 13.9 Å². The second-order valence-electron chi connectivity index (χ2n) is 4.88. The van der Waals surface area contributed by atoms with Crippen molar-refractivity contribution in [3.8, 4) is 5.75 Å². The third-order valence-corrected chi connectivity index (χ3v) is 3.95. The number of para-hydroxylation sites is 1. The highest BCUT2D eigenvalue weighted by molar-refractivity contribution is 7.80. The number of halogens is 1. The van der Waals surface area contributed by atoms with E-state index in [2.05, 4.69) is 5.32 Å². The lowest BCUT2D eigenvalue weighted by Crippen LogP contribution is -2.25. The highest BCUT2D eigenvalue weighted by Gasteiger charge is 2.27. The van der Waals surface area contributed by atoms with Gasteiger partial charge >= 0.3 is 0 Å². The molecule has 1 aliphatic rings. The molecular weight excluding hydrogens is 336 g/mol. The molecule has 1 fully saturated rings. The Morgan fingerprint density at radius 1 is 1.35 bits per heavy atom. The van der Waals surface area contributed by atoms with E-state index in [9.17, 15) is 4.79 Å². The lowest BCUT2D eigenvalue weighted by atomic mass is 10.3. The SMILES string of the molecule is CN1C(=O)/C(=C\c2ccc(COc3ccccc3Cl)o2)NC1=S. The third kappa shape index (κ3) is 3.38. The summed E-state index contributed by atoms with van der Waals surface area (Å²) in [5, 5.41) is 3.75. The Hall–Kier alpha value is -2.31. The molecule has 1 aromatic carbocycles. The molecule has 2 heterocycles. The molecule has 0 spiro atoms. The molecule has 5 nitrogen and oxygen atoms in total. The van der Waals surface area contributed by atoms with Crippen molar-refractivity contribution >= 4 is 40.9 Å². The Kier molecular flexibility index (Phi) is 4.36. The van der Waals surface area contributed by atoms with E-state index in [1.54, 1.807) is 37.4 Å². The molecule has 0 bridgehead atoms. The second kappa shape index (κ2) is 6.44. The number of carbonyl (C=O) groups excluding carboxylic acids is 1. The number of likely N-dealkylation sites (N-methyl/N-ethyl adjacent to an activating group) is 1. The van der Waals surface area contributed by atoms with Crippen molar-refractivity contribution in [1.29, 1.82) is 0 Å². The average molecular weight is 349 g/mol. The molecule has 1 amide bonds. The van der Waals surface area contributed by atoms with Gasteiger partial charge in [0.05, 0.1) is 5.02 Å². The molecule has 1 aliphatic heterocycles. The van der Waals surface area contributed by atoms with Crippen molar-refractivity contribution in [2.45, 2.75) is 6.61 Å². The molecule has 0 radical (unpaired) electrons. The molecule has 0 aliphatic carbocycles. The van der Waals surface area contributed by atoms with Gasteiger partial charge in [-0.15, -0.1) is 0 Å². The van der Waals surface area contributed by atoms with Crippen LogP contribution in [-0.4, -0.2) is 23.0 Å². The van der Waals surface area contributed by atoms with Crippen molar-refractivity contribution in [1.82, 2.24) is 10.2 Å². The fraction of sp³-hybridized carbons (Fsp3) is 0.125. The van der Waals surface area contributed by atoms with E-state index in [1.165, 1.54) is 4.90 Å². The number of thiocarbonyl (C=S) groups is 1. The third-order valence-electron chi connectivity index (χ3n) is 3.26. The van der Waals surface area contributed by atoms with Gasteiger partial charge in [-0.05, 0) is 36.5 Å². The van der Waals surface area contributed by atoms with Gasteiger partial charge in [0.25, 0.3) is 5.91 Å². The summed E-state index contributed by atoms with van der Waals surface area (Å²) in [6, 6.07) is 10.8. The lowest BCUT2D eigenvalue weighted by molar-refractivity contribution is -0.121. The first-order valence-electron chi connectivity index (χ1n) is 6.81. The minimum absolute atomic E-state index is 0.194. The van der Waals surface area contributed by atoms with Crippen LogP contribution in [-0.2, 0) is 11.4 Å². The van der Waals surface area contributed by atoms with Crippen LogP contribution >= 0.6 is 23.8 Å². The van der Waals surface area contributed by atoms with E-state index in [-0.39, 0.29) is 12.5 Å².